The van der Waals surface area contributed by atoms with E-state index in [1.165, 1.54) is 19.1 Å². The number of nitrogens with one attached hydrogen (secondary N) is 1. The average Bonchev–Trinajstić information content (AvgIpc) is 2.47. The van der Waals surface area contributed by atoms with Gasteiger partial charge in [0.2, 0.25) is 0 Å². The number of amides is 1. The first-order chi connectivity index (χ1) is 11.1. The number of benzene rings is 1. The Morgan fingerprint density at radius 3 is 2.38 bits per heavy atom. The standard InChI is InChI=1S/C15H10ClF3N2O3/c1-7-9(3-5-12(20-7)15(17,18)19)13(22)21-8-2-4-11(16)10(6-8)14(23)24/h2-6H,1H3,(H,21,22)(H,23,24). The number of carboxylic acids is 1. The molecule has 0 aliphatic heterocycles. The molecule has 1 aromatic heterocycles. The normalized spacial score (nSPS) is 11.2. The highest BCUT2D eigenvalue weighted by atomic mass is 35.5. The topological polar surface area (TPSA) is 79.3 Å². The summed E-state index contributed by atoms with van der Waals surface area (Å²) in [5.74, 6) is -1.99. The first-order valence-electron chi connectivity index (χ1n) is 6.48. The fraction of sp³-hybridized carbons (Fsp3) is 0.133. The van der Waals surface area contributed by atoms with Crippen molar-refractivity contribution in [2.45, 2.75) is 13.1 Å². The van der Waals surface area contributed by atoms with E-state index >= 15 is 0 Å². The summed E-state index contributed by atoms with van der Waals surface area (Å²) >= 11 is 5.72. The fourth-order valence-corrected chi connectivity index (χ4v) is 2.12. The first kappa shape index (κ1) is 17.7. The van der Waals surface area contributed by atoms with Crippen LogP contribution in [0.4, 0.5) is 18.9 Å². The largest absolute Gasteiger partial charge is 0.478 e. The van der Waals surface area contributed by atoms with Gasteiger partial charge in [-0.05, 0) is 37.3 Å². The van der Waals surface area contributed by atoms with Crippen LogP contribution in [0.25, 0.3) is 0 Å². The Morgan fingerprint density at radius 2 is 1.83 bits per heavy atom. The zero-order chi connectivity index (χ0) is 18.1. The number of aryl methyl sites for hydroxylation is 1. The van der Waals surface area contributed by atoms with Gasteiger partial charge in [-0.25, -0.2) is 9.78 Å². The Balaban J connectivity index is 2.28. The summed E-state index contributed by atoms with van der Waals surface area (Å²) in [6.07, 6.45) is -4.60. The van der Waals surface area contributed by atoms with Crippen LogP contribution < -0.4 is 5.32 Å². The predicted octanol–water partition coefficient (Wildman–Crippen LogP) is 4.01. The number of halogens is 4. The van der Waals surface area contributed by atoms with E-state index in [4.69, 9.17) is 16.7 Å². The summed E-state index contributed by atoms with van der Waals surface area (Å²) in [4.78, 5) is 26.5. The number of anilines is 1. The molecule has 0 spiro atoms. The van der Waals surface area contributed by atoms with Crippen molar-refractivity contribution in [3.05, 3.63) is 57.9 Å². The van der Waals surface area contributed by atoms with Crippen LogP contribution in [0.1, 0.15) is 32.1 Å². The molecule has 0 aliphatic carbocycles. The smallest absolute Gasteiger partial charge is 0.433 e. The number of alkyl halides is 3. The molecule has 1 aromatic carbocycles. The Hall–Kier alpha value is -2.61. The zero-order valence-corrected chi connectivity index (χ0v) is 12.9. The minimum Gasteiger partial charge on any atom is -0.478 e. The quantitative estimate of drug-likeness (QED) is 0.868. The fourth-order valence-electron chi connectivity index (χ4n) is 1.92. The van der Waals surface area contributed by atoms with E-state index < -0.39 is 23.7 Å². The number of nitrogens with zero attached hydrogens (tertiary/aromatic N) is 1. The number of carbonyl (C=O) groups excluding carboxylic acids is 1. The van der Waals surface area contributed by atoms with E-state index in [1.807, 2.05) is 0 Å². The van der Waals surface area contributed by atoms with Crippen LogP contribution in [0.5, 0.6) is 0 Å². The van der Waals surface area contributed by atoms with Crippen molar-refractivity contribution >= 4 is 29.2 Å². The second-order valence-corrected chi connectivity index (χ2v) is 5.19. The van der Waals surface area contributed by atoms with E-state index in [0.29, 0.717) is 6.07 Å². The lowest BCUT2D eigenvalue weighted by Gasteiger charge is -2.11. The molecule has 0 saturated carbocycles. The maximum absolute atomic E-state index is 12.6. The molecule has 0 aliphatic rings. The van der Waals surface area contributed by atoms with Gasteiger partial charge in [0.25, 0.3) is 5.91 Å². The first-order valence-corrected chi connectivity index (χ1v) is 6.86. The molecule has 0 unspecified atom stereocenters. The summed E-state index contributed by atoms with van der Waals surface area (Å²) in [6, 6.07) is 5.52. The summed E-state index contributed by atoms with van der Waals surface area (Å²) in [5, 5.41) is 11.4. The third-order valence-electron chi connectivity index (χ3n) is 3.08. The Morgan fingerprint density at radius 1 is 1.17 bits per heavy atom. The number of pyridine rings is 1. The highest BCUT2D eigenvalue weighted by molar-refractivity contribution is 6.33. The Bertz CT molecular complexity index is 822. The van der Waals surface area contributed by atoms with Crippen LogP contribution >= 0.6 is 11.6 Å². The summed E-state index contributed by atoms with van der Waals surface area (Å²) in [7, 11) is 0. The van der Waals surface area contributed by atoms with Crippen LogP contribution in [0, 0.1) is 6.92 Å². The summed E-state index contributed by atoms with van der Waals surface area (Å²) in [6.45, 7) is 1.27. The lowest BCUT2D eigenvalue weighted by atomic mass is 10.1. The molecule has 24 heavy (non-hydrogen) atoms. The minimum atomic E-state index is -4.60. The molecule has 2 N–H and O–H groups in total. The molecule has 9 heteroatoms. The maximum atomic E-state index is 12.6. The van der Waals surface area contributed by atoms with Gasteiger partial charge in [-0.2, -0.15) is 13.2 Å². The van der Waals surface area contributed by atoms with Gasteiger partial charge in [-0.1, -0.05) is 11.6 Å². The number of aromatic nitrogens is 1. The van der Waals surface area contributed by atoms with Gasteiger partial charge in [0.1, 0.15) is 5.69 Å². The molecular formula is C15H10ClF3N2O3. The second kappa shape index (κ2) is 6.48. The number of hydrogen-bond donors (Lipinski definition) is 2. The van der Waals surface area contributed by atoms with Gasteiger partial charge in [0.15, 0.2) is 0 Å². The van der Waals surface area contributed by atoms with Crippen LogP contribution in [-0.4, -0.2) is 22.0 Å². The molecule has 0 radical (unpaired) electrons. The van der Waals surface area contributed by atoms with Crippen molar-refractivity contribution in [3.63, 3.8) is 0 Å². The Kier molecular flexibility index (Phi) is 4.79. The van der Waals surface area contributed by atoms with E-state index in [0.717, 1.165) is 12.1 Å². The van der Waals surface area contributed by atoms with Crippen LogP contribution in [0.15, 0.2) is 30.3 Å². The number of carbonyl (C=O) groups is 2. The minimum absolute atomic E-state index is 0.00660. The summed E-state index contributed by atoms with van der Waals surface area (Å²) < 4.78 is 37.7. The molecule has 126 valence electrons. The lowest BCUT2D eigenvalue weighted by Crippen LogP contribution is -2.17. The van der Waals surface area contributed by atoms with E-state index in [2.05, 4.69) is 10.3 Å². The molecule has 1 heterocycles. The zero-order valence-electron chi connectivity index (χ0n) is 12.1. The van der Waals surface area contributed by atoms with Crippen molar-refractivity contribution in [2.75, 3.05) is 5.32 Å². The van der Waals surface area contributed by atoms with Crippen molar-refractivity contribution in [1.82, 2.24) is 4.98 Å². The van der Waals surface area contributed by atoms with Gasteiger partial charge < -0.3 is 10.4 Å². The van der Waals surface area contributed by atoms with E-state index in [1.54, 1.807) is 0 Å². The second-order valence-electron chi connectivity index (χ2n) is 4.78. The average molecular weight is 359 g/mol. The van der Waals surface area contributed by atoms with Gasteiger partial charge in [0.05, 0.1) is 21.8 Å². The molecule has 0 fully saturated rings. The molecule has 0 saturated heterocycles. The van der Waals surface area contributed by atoms with Crippen molar-refractivity contribution in [2.24, 2.45) is 0 Å². The van der Waals surface area contributed by atoms with Crippen molar-refractivity contribution in [1.29, 1.82) is 0 Å². The van der Waals surface area contributed by atoms with Crippen molar-refractivity contribution < 1.29 is 27.9 Å². The van der Waals surface area contributed by atoms with E-state index in [-0.39, 0.29) is 27.5 Å². The van der Waals surface area contributed by atoms with Crippen LogP contribution in [0.2, 0.25) is 5.02 Å². The molecule has 1 amide bonds. The third-order valence-corrected chi connectivity index (χ3v) is 3.41. The molecular weight excluding hydrogens is 349 g/mol. The van der Waals surface area contributed by atoms with Gasteiger partial charge in [-0.3, -0.25) is 4.79 Å². The number of carboxylic acid groups (broad SMARTS) is 1. The van der Waals surface area contributed by atoms with Crippen LogP contribution in [-0.2, 0) is 6.18 Å². The molecule has 2 aromatic rings. The number of aromatic carboxylic acids is 1. The predicted molar refractivity (Wildman–Crippen MR) is 80.3 cm³/mol. The van der Waals surface area contributed by atoms with E-state index in [9.17, 15) is 22.8 Å². The maximum Gasteiger partial charge on any atom is 0.433 e. The Labute approximate surface area is 139 Å². The molecule has 5 nitrogen and oxygen atoms in total. The van der Waals surface area contributed by atoms with Crippen LogP contribution in [0.3, 0.4) is 0 Å². The van der Waals surface area contributed by atoms with Gasteiger partial charge >= 0.3 is 12.1 Å². The molecule has 0 bridgehead atoms. The van der Waals surface area contributed by atoms with Crippen molar-refractivity contribution in [3.8, 4) is 0 Å². The number of rotatable bonds is 3. The van der Waals surface area contributed by atoms with Gasteiger partial charge in [-0.15, -0.1) is 0 Å². The number of hydrogen-bond acceptors (Lipinski definition) is 3. The molecule has 0 atom stereocenters. The lowest BCUT2D eigenvalue weighted by molar-refractivity contribution is -0.141. The monoisotopic (exact) mass is 358 g/mol. The highest BCUT2D eigenvalue weighted by Crippen LogP contribution is 2.28. The summed E-state index contributed by atoms with van der Waals surface area (Å²) in [5.41, 5.74) is -1.33. The highest BCUT2D eigenvalue weighted by Gasteiger charge is 2.33. The molecule has 2 rings (SSSR count). The third kappa shape index (κ3) is 3.83. The SMILES string of the molecule is Cc1nc(C(F)(F)F)ccc1C(=O)Nc1ccc(Cl)c(C(=O)O)c1. The van der Waals surface area contributed by atoms with Gasteiger partial charge in [0, 0.05) is 5.69 Å².